The van der Waals surface area contributed by atoms with Gasteiger partial charge < -0.3 is 4.74 Å². The average molecular weight is 231 g/mol. The standard InChI is InChI=1S/C14H17NO2/c16-9-4-7-14-12-15(8-10-17-14)11-13-5-2-1-3-6-13/h1-7,9,14H,8,10-12H2/b7-4+. The van der Waals surface area contributed by atoms with Crippen molar-refractivity contribution in [1.82, 2.24) is 4.90 Å². The number of aldehydes is 1. The van der Waals surface area contributed by atoms with Crippen molar-refractivity contribution in [3.05, 3.63) is 48.0 Å². The van der Waals surface area contributed by atoms with E-state index in [1.54, 1.807) is 0 Å². The summed E-state index contributed by atoms with van der Waals surface area (Å²) in [5, 5.41) is 0. The maximum absolute atomic E-state index is 10.3. The lowest BCUT2D eigenvalue weighted by molar-refractivity contribution is -0.104. The molecule has 3 nitrogen and oxygen atoms in total. The van der Waals surface area contributed by atoms with E-state index in [4.69, 9.17) is 4.74 Å². The number of hydrogen-bond donors (Lipinski definition) is 0. The van der Waals surface area contributed by atoms with E-state index in [0.29, 0.717) is 0 Å². The normalized spacial score (nSPS) is 21.8. The number of rotatable bonds is 4. The molecule has 0 radical (unpaired) electrons. The fourth-order valence-electron chi connectivity index (χ4n) is 2.00. The van der Waals surface area contributed by atoms with Crippen LogP contribution in [0.25, 0.3) is 0 Å². The van der Waals surface area contributed by atoms with E-state index in [-0.39, 0.29) is 6.10 Å². The zero-order chi connectivity index (χ0) is 11.9. The van der Waals surface area contributed by atoms with E-state index in [9.17, 15) is 4.79 Å². The largest absolute Gasteiger partial charge is 0.371 e. The number of hydrogen-bond acceptors (Lipinski definition) is 3. The van der Waals surface area contributed by atoms with E-state index >= 15 is 0 Å². The number of morpholine rings is 1. The number of nitrogens with zero attached hydrogens (tertiary/aromatic N) is 1. The molecular weight excluding hydrogens is 214 g/mol. The van der Waals surface area contributed by atoms with Crippen molar-refractivity contribution >= 4 is 6.29 Å². The first-order valence-corrected chi connectivity index (χ1v) is 5.88. The molecule has 3 heteroatoms. The van der Waals surface area contributed by atoms with E-state index in [1.807, 2.05) is 12.1 Å². The molecule has 0 aromatic heterocycles. The summed E-state index contributed by atoms with van der Waals surface area (Å²) >= 11 is 0. The Balaban J connectivity index is 1.89. The Kier molecular flexibility index (Phi) is 4.47. The summed E-state index contributed by atoms with van der Waals surface area (Å²) in [5.41, 5.74) is 1.31. The van der Waals surface area contributed by atoms with Gasteiger partial charge in [0.25, 0.3) is 0 Å². The quantitative estimate of drug-likeness (QED) is 0.583. The molecule has 2 rings (SSSR count). The first kappa shape index (κ1) is 12.0. The fourth-order valence-corrected chi connectivity index (χ4v) is 2.00. The molecule has 1 aliphatic rings. The summed E-state index contributed by atoms with van der Waals surface area (Å²) in [7, 11) is 0. The summed E-state index contributed by atoms with van der Waals surface area (Å²) in [6.07, 6.45) is 4.16. The highest BCUT2D eigenvalue weighted by Gasteiger charge is 2.17. The first-order valence-electron chi connectivity index (χ1n) is 5.88. The predicted molar refractivity (Wildman–Crippen MR) is 66.7 cm³/mol. The van der Waals surface area contributed by atoms with Gasteiger partial charge in [0.1, 0.15) is 6.29 Å². The highest BCUT2D eigenvalue weighted by Crippen LogP contribution is 2.10. The third-order valence-corrected chi connectivity index (χ3v) is 2.83. The monoisotopic (exact) mass is 231 g/mol. The molecule has 1 aromatic carbocycles. The molecule has 1 atom stereocenters. The van der Waals surface area contributed by atoms with Crippen LogP contribution >= 0.6 is 0 Å². The lowest BCUT2D eigenvalue weighted by Gasteiger charge is -2.31. The van der Waals surface area contributed by atoms with Crippen molar-refractivity contribution in [2.24, 2.45) is 0 Å². The number of carbonyl (C=O) groups excluding carboxylic acids is 1. The number of allylic oxidation sites excluding steroid dienone is 1. The van der Waals surface area contributed by atoms with Gasteiger partial charge in [-0.25, -0.2) is 0 Å². The van der Waals surface area contributed by atoms with Gasteiger partial charge in [-0.05, 0) is 11.6 Å². The molecule has 1 unspecified atom stereocenters. The lowest BCUT2D eigenvalue weighted by Crippen LogP contribution is -2.41. The Morgan fingerprint density at radius 3 is 2.94 bits per heavy atom. The predicted octanol–water partition coefficient (Wildman–Crippen LogP) is 1.64. The number of carbonyl (C=O) groups is 1. The summed E-state index contributed by atoms with van der Waals surface area (Å²) < 4.78 is 5.56. The van der Waals surface area contributed by atoms with Crippen molar-refractivity contribution in [3.63, 3.8) is 0 Å². The molecule has 0 N–H and O–H groups in total. The second-order valence-electron chi connectivity index (χ2n) is 4.15. The smallest absolute Gasteiger partial charge is 0.142 e. The van der Waals surface area contributed by atoms with Crippen molar-refractivity contribution in [2.75, 3.05) is 19.7 Å². The second kappa shape index (κ2) is 6.33. The van der Waals surface area contributed by atoms with Crippen molar-refractivity contribution in [1.29, 1.82) is 0 Å². The van der Waals surface area contributed by atoms with Crippen LogP contribution in [-0.4, -0.2) is 37.0 Å². The van der Waals surface area contributed by atoms with E-state index < -0.39 is 0 Å². The SMILES string of the molecule is O=C/C=C/C1CN(Cc2ccccc2)CCO1. The molecule has 17 heavy (non-hydrogen) atoms. The summed E-state index contributed by atoms with van der Waals surface area (Å²) in [4.78, 5) is 12.6. The third kappa shape index (κ3) is 3.80. The molecule has 0 amide bonds. The Morgan fingerprint density at radius 2 is 2.18 bits per heavy atom. The van der Waals surface area contributed by atoms with Gasteiger partial charge in [0.05, 0.1) is 12.7 Å². The summed E-state index contributed by atoms with van der Waals surface area (Å²) in [5.74, 6) is 0. The van der Waals surface area contributed by atoms with Gasteiger partial charge in [0, 0.05) is 19.6 Å². The van der Waals surface area contributed by atoms with Gasteiger partial charge in [-0.3, -0.25) is 9.69 Å². The van der Waals surface area contributed by atoms with Gasteiger partial charge >= 0.3 is 0 Å². The molecular formula is C14H17NO2. The Morgan fingerprint density at radius 1 is 1.35 bits per heavy atom. The van der Waals surface area contributed by atoms with E-state index in [2.05, 4.69) is 29.2 Å². The van der Waals surface area contributed by atoms with Crippen molar-refractivity contribution in [2.45, 2.75) is 12.6 Å². The van der Waals surface area contributed by atoms with Gasteiger partial charge in [-0.15, -0.1) is 0 Å². The molecule has 1 aromatic rings. The number of ether oxygens (including phenoxy) is 1. The molecule has 0 bridgehead atoms. The van der Waals surface area contributed by atoms with Crippen LogP contribution in [0.5, 0.6) is 0 Å². The maximum Gasteiger partial charge on any atom is 0.142 e. The van der Waals surface area contributed by atoms with Crippen LogP contribution in [0.4, 0.5) is 0 Å². The molecule has 90 valence electrons. The van der Waals surface area contributed by atoms with Crippen molar-refractivity contribution in [3.8, 4) is 0 Å². The molecule has 0 aliphatic carbocycles. The van der Waals surface area contributed by atoms with Gasteiger partial charge in [-0.1, -0.05) is 36.4 Å². The molecule has 1 aliphatic heterocycles. The minimum atomic E-state index is 0.0395. The van der Waals surface area contributed by atoms with Gasteiger partial charge in [0.15, 0.2) is 0 Å². The molecule has 0 saturated carbocycles. The van der Waals surface area contributed by atoms with E-state index in [1.165, 1.54) is 11.6 Å². The molecule has 1 heterocycles. The maximum atomic E-state index is 10.3. The van der Waals surface area contributed by atoms with Crippen LogP contribution in [0.1, 0.15) is 5.56 Å². The zero-order valence-electron chi connectivity index (χ0n) is 9.79. The minimum absolute atomic E-state index is 0.0395. The average Bonchev–Trinajstić information content (AvgIpc) is 2.38. The van der Waals surface area contributed by atoms with Gasteiger partial charge in [-0.2, -0.15) is 0 Å². The number of benzene rings is 1. The topological polar surface area (TPSA) is 29.5 Å². The second-order valence-corrected chi connectivity index (χ2v) is 4.15. The zero-order valence-corrected chi connectivity index (χ0v) is 9.79. The molecule has 1 fully saturated rings. The van der Waals surface area contributed by atoms with E-state index in [0.717, 1.165) is 32.5 Å². The minimum Gasteiger partial charge on any atom is -0.371 e. The first-order chi connectivity index (χ1) is 8.38. The Labute approximate surface area is 102 Å². The summed E-state index contributed by atoms with van der Waals surface area (Å²) in [6.45, 7) is 3.45. The van der Waals surface area contributed by atoms with Crippen LogP contribution in [0.2, 0.25) is 0 Å². The van der Waals surface area contributed by atoms with Crippen LogP contribution < -0.4 is 0 Å². The Hall–Kier alpha value is -1.45. The highest BCUT2D eigenvalue weighted by molar-refractivity contribution is 5.64. The fraction of sp³-hybridized carbons (Fsp3) is 0.357. The molecule has 0 spiro atoms. The highest BCUT2D eigenvalue weighted by atomic mass is 16.5. The molecule has 1 saturated heterocycles. The lowest BCUT2D eigenvalue weighted by atomic mass is 10.2. The summed E-state index contributed by atoms with van der Waals surface area (Å²) in [6, 6.07) is 10.4. The van der Waals surface area contributed by atoms with Crippen LogP contribution in [-0.2, 0) is 16.1 Å². The van der Waals surface area contributed by atoms with Crippen LogP contribution in [0, 0.1) is 0 Å². The Bertz CT molecular complexity index is 375. The van der Waals surface area contributed by atoms with Crippen LogP contribution in [0.15, 0.2) is 42.5 Å². The van der Waals surface area contributed by atoms with Gasteiger partial charge in [0.2, 0.25) is 0 Å². The van der Waals surface area contributed by atoms with Crippen LogP contribution in [0.3, 0.4) is 0 Å². The third-order valence-electron chi connectivity index (χ3n) is 2.83. The van der Waals surface area contributed by atoms with Crippen molar-refractivity contribution < 1.29 is 9.53 Å².